The van der Waals surface area contributed by atoms with Gasteiger partial charge in [0.15, 0.2) is 0 Å². The molecule has 12 heavy (non-hydrogen) atoms. The molecular formula is C5H12N3O3P. The molecular weight excluding hydrogens is 181 g/mol. The van der Waals surface area contributed by atoms with Gasteiger partial charge in [-0.1, -0.05) is 19.8 Å². The second kappa shape index (κ2) is 6.03. The highest BCUT2D eigenvalue weighted by Gasteiger charge is 2.15. The number of hydrogen-bond acceptors (Lipinski definition) is 2. The SMILES string of the molecule is CCCCCOP(=O)(O)N=[N+]=[N-]. The number of hydrogen-bond donors (Lipinski definition) is 1. The summed E-state index contributed by atoms with van der Waals surface area (Å²) in [6, 6.07) is 0. The number of rotatable bonds is 6. The van der Waals surface area contributed by atoms with Gasteiger partial charge in [0.1, 0.15) is 0 Å². The maximum atomic E-state index is 10.7. The second-order valence-electron chi connectivity index (χ2n) is 2.21. The summed E-state index contributed by atoms with van der Waals surface area (Å²) >= 11 is 0. The van der Waals surface area contributed by atoms with E-state index in [1.807, 2.05) is 6.92 Å². The highest BCUT2D eigenvalue weighted by molar-refractivity contribution is 7.51. The van der Waals surface area contributed by atoms with Gasteiger partial charge in [-0.3, -0.25) is 4.57 Å². The van der Waals surface area contributed by atoms with Crippen molar-refractivity contribution in [3.8, 4) is 0 Å². The summed E-state index contributed by atoms with van der Waals surface area (Å²) in [5, 5.41) is 0. The van der Waals surface area contributed by atoms with E-state index < -0.39 is 7.75 Å². The lowest BCUT2D eigenvalue weighted by molar-refractivity contribution is 0.254. The molecule has 0 aromatic carbocycles. The standard InChI is InChI=1S/C5H12N3O3P/c1-2-3-4-5-11-12(9,10)8-7-6/h2-5H2,1H3,(H,9,10). The van der Waals surface area contributed by atoms with E-state index in [9.17, 15) is 4.57 Å². The molecule has 7 heteroatoms. The van der Waals surface area contributed by atoms with Gasteiger partial charge in [-0.05, 0) is 12.0 Å². The number of azide groups is 1. The van der Waals surface area contributed by atoms with Crippen molar-refractivity contribution < 1.29 is 14.0 Å². The summed E-state index contributed by atoms with van der Waals surface area (Å²) in [7, 11) is -4.02. The fraction of sp³-hybridized carbons (Fsp3) is 1.00. The van der Waals surface area contributed by atoms with E-state index in [-0.39, 0.29) is 6.61 Å². The molecule has 0 heterocycles. The minimum Gasteiger partial charge on any atom is -0.320 e. The zero-order valence-corrected chi connectivity index (χ0v) is 7.78. The molecule has 0 amide bonds. The Labute approximate surface area is 70.8 Å². The second-order valence-corrected chi connectivity index (χ2v) is 3.63. The van der Waals surface area contributed by atoms with Crippen LogP contribution < -0.4 is 0 Å². The van der Waals surface area contributed by atoms with Crippen molar-refractivity contribution in [1.82, 2.24) is 0 Å². The first-order valence-electron chi connectivity index (χ1n) is 3.66. The third-order valence-corrected chi connectivity index (χ3v) is 1.99. The van der Waals surface area contributed by atoms with Gasteiger partial charge in [-0.25, -0.2) is 0 Å². The lowest BCUT2D eigenvalue weighted by Gasteiger charge is -2.04. The molecule has 0 aliphatic rings. The quantitative estimate of drug-likeness (QED) is 0.231. The van der Waals surface area contributed by atoms with Crippen molar-refractivity contribution in [2.75, 3.05) is 6.61 Å². The lowest BCUT2D eigenvalue weighted by atomic mass is 10.3. The van der Waals surface area contributed by atoms with E-state index >= 15 is 0 Å². The molecule has 0 aromatic heterocycles. The van der Waals surface area contributed by atoms with Crippen molar-refractivity contribution in [3.63, 3.8) is 0 Å². The molecule has 0 spiro atoms. The topological polar surface area (TPSA) is 95.3 Å². The molecule has 1 atom stereocenters. The van der Waals surface area contributed by atoms with Gasteiger partial charge in [0.2, 0.25) is 0 Å². The Balaban J connectivity index is 3.62. The summed E-state index contributed by atoms with van der Waals surface area (Å²) in [4.78, 5) is 13.5. The zero-order chi connectivity index (χ0) is 9.45. The van der Waals surface area contributed by atoms with Crippen molar-refractivity contribution in [1.29, 1.82) is 0 Å². The van der Waals surface area contributed by atoms with Crippen LogP contribution in [0.3, 0.4) is 0 Å². The summed E-state index contributed by atoms with van der Waals surface area (Å²) in [6.45, 7) is 2.16. The minimum absolute atomic E-state index is 0.153. The first-order valence-corrected chi connectivity index (χ1v) is 5.19. The molecule has 0 aliphatic carbocycles. The van der Waals surface area contributed by atoms with Crippen LogP contribution in [0.2, 0.25) is 0 Å². The summed E-state index contributed by atoms with van der Waals surface area (Å²) < 4.78 is 15.2. The maximum Gasteiger partial charge on any atom is 0.417 e. The molecule has 0 radical (unpaired) electrons. The largest absolute Gasteiger partial charge is 0.417 e. The van der Waals surface area contributed by atoms with Crippen LogP contribution in [0, 0.1) is 0 Å². The molecule has 0 rings (SSSR count). The van der Waals surface area contributed by atoms with Gasteiger partial charge in [0, 0.05) is 9.80 Å². The Bertz CT molecular complexity index is 214. The first-order chi connectivity index (χ1) is 5.62. The molecule has 6 nitrogen and oxygen atoms in total. The highest BCUT2D eigenvalue weighted by Crippen LogP contribution is 2.43. The van der Waals surface area contributed by atoms with Gasteiger partial charge in [-0.15, -0.1) is 0 Å². The van der Waals surface area contributed by atoms with Crippen LogP contribution in [0.15, 0.2) is 4.88 Å². The molecule has 0 aliphatic heterocycles. The van der Waals surface area contributed by atoms with Crippen molar-refractivity contribution in [3.05, 3.63) is 10.4 Å². The van der Waals surface area contributed by atoms with E-state index in [0.717, 1.165) is 12.8 Å². The van der Waals surface area contributed by atoms with Crippen molar-refractivity contribution >= 4 is 7.75 Å². The monoisotopic (exact) mass is 193 g/mol. The normalized spacial score (nSPS) is 14.8. The summed E-state index contributed by atoms with van der Waals surface area (Å²) in [5.41, 5.74) is 7.85. The molecule has 0 saturated heterocycles. The molecule has 0 saturated carbocycles. The van der Waals surface area contributed by atoms with Crippen molar-refractivity contribution in [2.45, 2.75) is 26.2 Å². The third kappa shape index (κ3) is 6.19. The highest BCUT2D eigenvalue weighted by atomic mass is 31.2. The molecule has 70 valence electrons. The molecule has 0 aromatic rings. The fourth-order valence-electron chi connectivity index (χ4n) is 0.612. The van der Waals surface area contributed by atoms with Crippen LogP contribution >= 0.6 is 7.75 Å². The average molecular weight is 193 g/mol. The Morgan fingerprint density at radius 3 is 2.83 bits per heavy atom. The third-order valence-electron chi connectivity index (χ3n) is 1.16. The maximum absolute atomic E-state index is 10.7. The van der Waals surface area contributed by atoms with E-state index in [2.05, 4.69) is 14.3 Å². The average Bonchev–Trinajstić information content (AvgIpc) is 1.98. The van der Waals surface area contributed by atoms with Crippen LogP contribution in [0.25, 0.3) is 10.4 Å². The minimum atomic E-state index is -4.02. The first kappa shape index (κ1) is 11.5. The Kier molecular flexibility index (Phi) is 5.76. The van der Waals surface area contributed by atoms with E-state index in [1.165, 1.54) is 0 Å². The van der Waals surface area contributed by atoms with Gasteiger partial charge < -0.3 is 9.42 Å². The van der Waals surface area contributed by atoms with Crippen LogP contribution in [0.1, 0.15) is 26.2 Å². The Morgan fingerprint density at radius 1 is 1.67 bits per heavy atom. The summed E-state index contributed by atoms with van der Waals surface area (Å²) in [5.74, 6) is 0. The Hall–Kier alpha value is -0.540. The van der Waals surface area contributed by atoms with Gasteiger partial charge >= 0.3 is 7.75 Å². The van der Waals surface area contributed by atoms with Crippen LogP contribution in [-0.4, -0.2) is 11.5 Å². The van der Waals surface area contributed by atoms with Crippen molar-refractivity contribution in [2.24, 2.45) is 4.88 Å². The van der Waals surface area contributed by atoms with Crippen LogP contribution in [-0.2, 0) is 9.09 Å². The lowest BCUT2D eigenvalue weighted by Crippen LogP contribution is -1.90. The predicted molar refractivity (Wildman–Crippen MR) is 44.4 cm³/mol. The predicted octanol–water partition coefficient (Wildman–Crippen LogP) is 2.60. The zero-order valence-electron chi connectivity index (χ0n) is 6.88. The molecule has 1 N–H and O–H groups in total. The van der Waals surface area contributed by atoms with Gasteiger partial charge in [0.25, 0.3) is 0 Å². The number of nitrogens with zero attached hydrogens (tertiary/aromatic N) is 3. The smallest absolute Gasteiger partial charge is 0.320 e. The molecule has 0 fully saturated rings. The van der Waals surface area contributed by atoms with Crippen LogP contribution in [0.4, 0.5) is 0 Å². The summed E-state index contributed by atoms with van der Waals surface area (Å²) in [6.07, 6.45) is 2.62. The number of unbranched alkanes of at least 4 members (excludes halogenated alkanes) is 2. The van der Waals surface area contributed by atoms with E-state index in [4.69, 9.17) is 10.4 Å². The van der Waals surface area contributed by atoms with E-state index in [1.54, 1.807) is 0 Å². The van der Waals surface area contributed by atoms with Gasteiger partial charge in [0.05, 0.1) is 6.61 Å². The Morgan fingerprint density at radius 2 is 2.33 bits per heavy atom. The van der Waals surface area contributed by atoms with Crippen LogP contribution in [0.5, 0.6) is 0 Å². The van der Waals surface area contributed by atoms with Gasteiger partial charge in [-0.2, -0.15) is 0 Å². The van der Waals surface area contributed by atoms with E-state index in [0.29, 0.717) is 6.42 Å². The molecule has 1 unspecified atom stereocenters. The molecule has 0 bridgehead atoms. The fourth-order valence-corrected chi connectivity index (χ4v) is 1.13.